The number of amides is 1. The van der Waals surface area contributed by atoms with Crippen LogP contribution >= 0.6 is 0 Å². The van der Waals surface area contributed by atoms with E-state index in [0.717, 1.165) is 34.4 Å². The summed E-state index contributed by atoms with van der Waals surface area (Å²) in [5, 5.41) is 2.50. The number of aryl methyl sites for hydroxylation is 1. The van der Waals surface area contributed by atoms with Crippen LogP contribution in [0.5, 0.6) is 5.75 Å². The average molecular weight is 490 g/mol. The highest BCUT2D eigenvalue weighted by molar-refractivity contribution is 6.08. The fraction of sp³-hybridized carbons (Fsp3) is 0.107. The van der Waals surface area contributed by atoms with Crippen LogP contribution in [0.25, 0.3) is 11.1 Å². The number of anilines is 1. The van der Waals surface area contributed by atoms with Crippen LogP contribution in [0, 0.1) is 6.92 Å². The molecule has 4 rings (SSSR count). The molecule has 0 spiro atoms. The van der Waals surface area contributed by atoms with Crippen molar-refractivity contribution < 1.29 is 27.5 Å². The number of hydrogen-bond acceptors (Lipinski definition) is 4. The lowest BCUT2D eigenvalue weighted by atomic mass is 9.98. The van der Waals surface area contributed by atoms with Crippen molar-refractivity contribution in [2.75, 3.05) is 5.32 Å². The zero-order valence-electron chi connectivity index (χ0n) is 19.2. The van der Waals surface area contributed by atoms with Gasteiger partial charge in [-0.15, -0.1) is 13.2 Å². The van der Waals surface area contributed by atoms with Crippen LogP contribution in [-0.2, 0) is 6.42 Å². The fourth-order valence-corrected chi connectivity index (χ4v) is 3.65. The summed E-state index contributed by atoms with van der Waals surface area (Å²) in [6.45, 7) is 1.76. The van der Waals surface area contributed by atoms with Crippen molar-refractivity contribution in [3.05, 3.63) is 114 Å². The van der Waals surface area contributed by atoms with Crippen molar-refractivity contribution in [1.29, 1.82) is 0 Å². The number of hydrogen-bond donors (Lipinski definition) is 1. The quantitative estimate of drug-likeness (QED) is 0.295. The molecule has 0 aliphatic rings. The Bertz CT molecular complexity index is 1390. The molecule has 3 aromatic carbocycles. The zero-order valence-corrected chi connectivity index (χ0v) is 19.2. The smallest absolute Gasteiger partial charge is 0.405 e. The van der Waals surface area contributed by atoms with Crippen LogP contribution in [0.1, 0.15) is 31.8 Å². The van der Waals surface area contributed by atoms with Crippen molar-refractivity contribution in [2.24, 2.45) is 0 Å². The maximum Gasteiger partial charge on any atom is 0.573 e. The average Bonchev–Trinajstić information content (AvgIpc) is 2.84. The third kappa shape index (κ3) is 6.35. The Labute approximate surface area is 205 Å². The highest BCUT2D eigenvalue weighted by Gasteiger charge is 2.33. The van der Waals surface area contributed by atoms with Gasteiger partial charge < -0.3 is 10.1 Å². The third-order valence-corrected chi connectivity index (χ3v) is 5.33. The molecule has 8 heteroatoms. The Morgan fingerprint density at radius 3 is 2.25 bits per heavy atom. The van der Waals surface area contributed by atoms with Gasteiger partial charge in [0.2, 0.25) is 0 Å². The first kappa shape index (κ1) is 24.7. The predicted octanol–water partition coefficient (Wildman–Crippen LogP) is 6.63. The minimum absolute atomic E-state index is 0.0113. The lowest BCUT2D eigenvalue weighted by Gasteiger charge is -2.14. The number of carbonyl (C=O) groups excluding carboxylic acids is 2. The fourth-order valence-electron chi connectivity index (χ4n) is 3.65. The largest absolute Gasteiger partial charge is 0.573 e. The van der Waals surface area contributed by atoms with Gasteiger partial charge in [-0.1, -0.05) is 54.6 Å². The molecule has 36 heavy (non-hydrogen) atoms. The molecular weight excluding hydrogens is 469 g/mol. The summed E-state index contributed by atoms with van der Waals surface area (Å²) in [5.74, 6) is -1.92. The lowest BCUT2D eigenvalue weighted by Crippen LogP contribution is -2.21. The van der Waals surface area contributed by atoms with Gasteiger partial charge in [-0.2, -0.15) is 0 Å². The first-order chi connectivity index (χ1) is 17.2. The maximum absolute atomic E-state index is 12.9. The molecule has 182 valence electrons. The maximum atomic E-state index is 12.9. The number of pyridine rings is 1. The summed E-state index contributed by atoms with van der Waals surface area (Å²) >= 11 is 0. The van der Waals surface area contributed by atoms with Gasteiger partial charge >= 0.3 is 6.36 Å². The van der Waals surface area contributed by atoms with E-state index < -0.39 is 23.6 Å². The summed E-state index contributed by atoms with van der Waals surface area (Å²) in [6, 6.07) is 22.1. The highest BCUT2D eigenvalue weighted by atomic mass is 19.4. The number of alkyl halides is 3. The first-order valence-corrected chi connectivity index (χ1v) is 11.0. The van der Waals surface area contributed by atoms with Crippen molar-refractivity contribution in [1.82, 2.24) is 4.98 Å². The number of nitrogens with one attached hydrogen (secondary N) is 1. The molecule has 0 saturated carbocycles. The Morgan fingerprint density at radius 1 is 0.889 bits per heavy atom. The van der Waals surface area contributed by atoms with Gasteiger partial charge in [0.25, 0.3) is 5.91 Å². The van der Waals surface area contributed by atoms with Gasteiger partial charge in [0.15, 0.2) is 5.78 Å². The minimum atomic E-state index is -5.01. The van der Waals surface area contributed by atoms with Gasteiger partial charge in [0.05, 0.1) is 17.4 Å². The number of benzene rings is 3. The van der Waals surface area contributed by atoms with Crippen LogP contribution in [-0.4, -0.2) is 23.0 Å². The Morgan fingerprint density at radius 2 is 1.58 bits per heavy atom. The van der Waals surface area contributed by atoms with Crippen LogP contribution in [0.3, 0.4) is 0 Å². The molecule has 0 radical (unpaired) electrons. The lowest BCUT2D eigenvalue weighted by molar-refractivity contribution is -0.274. The molecule has 0 saturated heterocycles. The van der Waals surface area contributed by atoms with Crippen molar-refractivity contribution >= 4 is 17.4 Å². The molecule has 0 bridgehead atoms. The topological polar surface area (TPSA) is 68.3 Å². The van der Waals surface area contributed by atoms with Crippen molar-refractivity contribution in [3.8, 4) is 16.9 Å². The van der Waals surface area contributed by atoms with Gasteiger partial charge in [0, 0.05) is 18.2 Å². The number of rotatable bonds is 7. The second-order valence-electron chi connectivity index (χ2n) is 8.13. The Kier molecular flexibility index (Phi) is 7.15. The number of carbonyl (C=O) groups is 2. The predicted molar refractivity (Wildman–Crippen MR) is 130 cm³/mol. The van der Waals surface area contributed by atoms with Gasteiger partial charge in [-0.25, -0.2) is 0 Å². The SMILES string of the molecule is Cc1cncc(NC(=O)c2cc(C(=O)Cc3ccc(-c4ccccc4)cc3)ccc2OC(F)(F)F)c1. The van der Waals surface area contributed by atoms with Crippen molar-refractivity contribution in [3.63, 3.8) is 0 Å². The van der Waals surface area contributed by atoms with E-state index in [9.17, 15) is 22.8 Å². The van der Waals surface area contributed by atoms with Gasteiger partial charge in [-0.05, 0) is 53.4 Å². The molecule has 1 heterocycles. The van der Waals surface area contributed by atoms with Crippen LogP contribution < -0.4 is 10.1 Å². The summed E-state index contributed by atoms with van der Waals surface area (Å²) in [5.41, 5.74) is 3.48. The number of ether oxygens (including phenoxy) is 1. The third-order valence-electron chi connectivity index (χ3n) is 5.33. The molecular formula is C28H21F3N2O3. The standard InChI is InChI=1S/C28H21F3N2O3/c1-18-13-23(17-32-16-18)33-27(35)24-15-22(11-12-26(24)36-28(29,30)31)25(34)14-19-7-9-21(10-8-19)20-5-3-2-4-6-20/h2-13,15-17H,14H2,1H3,(H,33,35). The second-order valence-corrected chi connectivity index (χ2v) is 8.13. The molecule has 1 N–H and O–H groups in total. The molecule has 1 aromatic heterocycles. The number of Topliss-reactive ketones (excluding diaryl/α,β-unsaturated/α-hetero) is 1. The van der Waals surface area contributed by atoms with E-state index in [1.807, 2.05) is 54.6 Å². The van der Waals surface area contributed by atoms with E-state index in [-0.39, 0.29) is 17.8 Å². The highest BCUT2D eigenvalue weighted by Crippen LogP contribution is 2.29. The minimum Gasteiger partial charge on any atom is -0.405 e. The Balaban J connectivity index is 1.57. The Hall–Kier alpha value is -4.46. The summed E-state index contributed by atoms with van der Waals surface area (Å²) in [6.07, 6.45) is -2.06. The molecule has 0 aliphatic carbocycles. The van der Waals surface area contributed by atoms with Crippen LogP contribution in [0.4, 0.5) is 18.9 Å². The van der Waals surface area contributed by atoms with E-state index in [0.29, 0.717) is 5.69 Å². The van der Waals surface area contributed by atoms with E-state index in [1.54, 1.807) is 19.2 Å². The van der Waals surface area contributed by atoms with E-state index >= 15 is 0 Å². The number of nitrogens with zero attached hydrogens (tertiary/aromatic N) is 1. The monoisotopic (exact) mass is 490 g/mol. The normalized spacial score (nSPS) is 11.1. The first-order valence-electron chi connectivity index (χ1n) is 11.0. The molecule has 1 amide bonds. The van der Waals surface area contributed by atoms with Gasteiger partial charge in [-0.3, -0.25) is 14.6 Å². The molecule has 0 fully saturated rings. The number of halogens is 3. The molecule has 0 unspecified atom stereocenters. The van der Waals surface area contributed by atoms with Crippen molar-refractivity contribution in [2.45, 2.75) is 19.7 Å². The molecule has 0 atom stereocenters. The summed E-state index contributed by atoms with van der Waals surface area (Å²) < 4.78 is 42.8. The zero-order chi connectivity index (χ0) is 25.7. The second kappa shape index (κ2) is 10.4. The number of ketones is 1. The summed E-state index contributed by atoms with van der Waals surface area (Å²) in [4.78, 5) is 29.7. The molecule has 4 aromatic rings. The van der Waals surface area contributed by atoms with Gasteiger partial charge in [0.1, 0.15) is 5.75 Å². The van der Waals surface area contributed by atoms with E-state index in [1.165, 1.54) is 12.3 Å². The number of aromatic nitrogens is 1. The summed E-state index contributed by atoms with van der Waals surface area (Å²) in [7, 11) is 0. The van der Waals surface area contributed by atoms with E-state index in [2.05, 4.69) is 15.0 Å². The van der Waals surface area contributed by atoms with Crippen LogP contribution in [0.2, 0.25) is 0 Å². The van der Waals surface area contributed by atoms with Crippen LogP contribution in [0.15, 0.2) is 91.3 Å². The molecule has 5 nitrogen and oxygen atoms in total. The van der Waals surface area contributed by atoms with E-state index in [4.69, 9.17) is 0 Å². The molecule has 0 aliphatic heterocycles.